The Hall–Kier alpha value is -1.03. The van der Waals surface area contributed by atoms with Gasteiger partial charge in [-0.05, 0) is 18.1 Å². The standard InChI is InChI=1S/C11H14F3N/c1-2-3-10(15)7-4-5-8(11(13)14)9(12)6-7/h4-6,10-11H,2-3,15H2,1H3/t10-/m1/s1. The molecule has 0 unspecified atom stereocenters. The van der Waals surface area contributed by atoms with E-state index in [9.17, 15) is 13.2 Å². The number of alkyl halides is 2. The SMILES string of the molecule is CCC[C@@H](N)c1ccc(C(F)F)c(F)c1. The van der Waals surface area contributed by atoms with Crippen LogP contribution in [-0.2, 0) is 0 Å². The summed E-state index contributed by atoms with van der Waals surface area (Å²) in [4.78, 5) is 0. The average Bonchev–Trinajstić information content (AvgIpc) is 2.17. The highest BCUT2D eigenvalue weighted by Crippen LogP contribution is 2.25. The van der Waals surface area contributed by atoms with Gasteiger partial charge in [-0.15, -0.1) is 0 Å². The summed E-state index contributed by atoms with van der Waals surface area (Å²) in [5, 5.41) is 0. The van der Waals surface area contributed by atoms with E-state index in [-0.39, 0.29) is 6.04 Å². The molecule has 0 bridgehead atoms. The summed E-state index contributed by atoms with van der Waals surface area (Å²) in [7, 11) is 0. The minimum Gasteiger partial charge on any atom is -0.324 e. The topological polar surface area (TPSA) is 26.0 Å². The smallest absolute Gasteiger partial charge is 0.266 e. The Morgan fingerprint density at radius 3 is 2.47 bits per heavy atom. The zero-order chi connectivity index (χ0) is 11.4. The van der Waals surface area contributed by atoms with Crippen molar-refractivity contribution >= 4 is 0 Å². The van der Waals surface area contributed by atoms with Crippen molar-refractivity contribution in [1.82, 2.24) is 0 Å². The van der Waals surface area contributed by atoms with Crippen molar-refractivity contribution in [2.24, 2.45) is 5.73 Å². The summed E-state index contributed by atoms with van der Waals surface area (Å²) in [6.07, 6.45) is -1.19. The van der Waals surface area contributed by atoms with Gasteiger partial charge in [-0.1, -0.05) is 25.5 Å². The second kappa shape index (κ2) is 5.16. The number of hydrogen-bond donors (Lipinski definition) is 1. The van der Waals surface area contributed by atoms with Crippen LogP contribution < -0.4 is 5.73 Å². The fraction of sp³-hybridized carbons (Fsp3) is 0.455. The van der Waals surface area contributed by atoms with Gasteiger partial charge in [0, 0.05) is 6.04 Å². The lowest BCUT2D eigenvalue weighted by molar-refractivity contribution is 0.146. The van der Waals surface area contributed by atoms with Gasteiger partial charge in [-0.2, -0.15) is 0 Å². The van der Waals surface area contributed by atoms with Crippen molar-refractivity contribution in [3.05, 3.63) is 35.1 Å². The van der Waals surface area contributed by atoms with Gasteiger partial charge >= 0.3 is 0 Å². The van der Waals surface area contributed by atoms with Crippen molar-refractivity contribution in [1.29, 1.82) is 0 Å². The number of hydrogen-bond acceptors (Lipinski definition) is 1. The van der Waals surface area contributed by atoms with Gasteiger partial charge in [0.2, 0.25) is 0 Å². The van der Waals surface area contributed by atoms with Crippen molar-refractivity contribution in [3.8, 4) is 0 Å². The first-order chi connectivity index (χ1) is 7.06. The molecule has 1 aromatic rings. The molecule has 0 radical (unpaired) electrons. The molecule has 0 aliphatic heterocycles. The molecule has 1 rings (SSSR count). The predicted molar refractivity (Wildman–Crippen MR) is 53.2 cm³/mol. The van der Waals surface area contributed by atoms with Crippen LogP contribution in [0.5, 0.6) is 0 Å². The molecule has 0 saturated carbocycles. The third-order valence-electron chi connectivity index (χ3n) is 2.29. The molecule has 0 fully saturated rings. The normalized spacial score (nSPS) is 13.2. The predicted octanol–water partition coefficient (Wildman–Crippen LogP) is 3.56. The molecule has 0 spiro atoms. The van der Waals surface area contributed by atoms with Gasteiger partial charge in [0.05, 0.1) is 5.56 Å². The summed E-state index contributed by atoms with van der Waals surface area (Å²) in [5.74, 6) is -0.881. The van der Waals surface area contributed by atoms with Crippen LogP contribution in [0.2, 0.25) is 0 Å². The summed E-state index contributed by atoms with van der Waals surface area (Å²) in [5.41, 5.74) is 5.75. The van der Waals surface area contributed by atoms with E-state index in [4.69, 9.17) is 5.73 Å². The fourth-order valence-corrected chi connectivity index (χ4v) is 1.43. The molecule has 1 atom stereocenters. The first-order valence-corrected chi connectivity index (χ1v) is 4.89. The summed E-state index contributed by atoms with van der Waals surface area (Å²) >= 11 is 0. The molecule has 0 saturated heterocycles. The Morgan fingerprint density at radius 2 is 2.00 bits per heavy atom. The van der Waals surface area contributed by atoms with E-state index in [1.54, 1.807) is 0 Å². The van der Waals surface area contributed by atoms with E-state index in [2.05, 4.69) is 0 Å². The zero-order valence-electron chi connectivity index (χ0n) is 8.51. The molecule has 0 aliphatic rings. The van der Waals surface area contributed by atoms with Crippen LogP contribution >= 0.6 is 0 Å². The van der Waals surface area contributed by atoms with Gasteiger partial charge in [0.1, 0.15) is 5.82 Å². The molecule has 2 N–H and O–H groups in total. The number of rotatable bonds is 4. The Labute approximate surface area is 87.1 Å². The number of halogens is 3. The molecule has 1 nitrogen and oxygen atoms in total. The third-order valence-corrected chi connectivity index (χ3v) is 2.29. The van der Waals surface area contributed by atoms with Gasteiger partial charge in [-0.25, -0.2) is 13.2 Å². The van der Waals surface area contributed by atoms with Crippen LogP contribution in [-0.4, -0.2) is 0 Å². The largest absolute Gasteiger partial charge is 0.324 e. The highest BCUT2D eigenvalue weighted by atomic mass is 19.3. The molecule has 4 heteroatoms. The molecule has 1 aromatic carbocycles. The second-order valence-electron chi connectivity index (χ2n) is 3.48. The van der Waals surface area contributed by atoms with Crippen LogP contribution in [0.4, 0.5) is 13.2 Å². The highest BCUT2D eigenvalue weighted by Gasteiger charge is 2.15. The molecular weight excluding hydrogens is 203 g/mol. The first-order valence-electron chi connectivity index (χ1n) is 4.89. The fourth-order valence-electron chi connectivity index (χ4n) is 1.43. The van der Waals surface area contributed by atoms with Crippen molar-refractivity contribution in [2.75, 3.05) is 0 Å². The van der Waals surface area contributed by atoms with Crippen molar-refractivity contribution in [3.63, 3.8) is 0 Å². The average molecular weight is 217 g/mol. The second-order valence-corrected chi connectivity index (χ2v) is 3.48. The van der Waals surface area contributed by atoms with E-state index < -0.39 is 17.8 Å². The lowest BCUT2D eigenvalue weighted by atomic mass is 10.0. The van der Waals surface area contributed by atoms with Crippen LogP contribution in [0.1, 0.15) is 43.4 Å². The Balaban J connectivity index is 2.91. The van der Waals surface area contributed by atoms with Crippen molar-refractivity contribution in [2.45, 2.75) is 32.2 Å². The van der Waals surface area contributed by atoms with Crippen LogP contribution in [0.15, 0.2) is 18.2 Å². The maximum atomic E-state index is 13.2. The van der Waals surface area contributed by atoms with Crippen LogP contribution in [0.25, 0.3) is 0 Å². The van der Waals surface area contributed by atoms with Gasteiger partial charge in [0.15, 0.2) is 0 Å². The lowest BCUT2D eigenvalue weighted by Crippen LogP contribution is -2.10. The summed E-state index contributed by atoms with van der Waals surface area (Å²) < 4.78 is 37.6. The highest BCUT2D eigenvalue weighted by molar-refractivity contribution is 5.27. The van der Waals surface area contributed by atoms with E-state index in [0.29, 0.717) is 12.0 Å². The first kappa shape index (κ1) is 12.0. The van der Waals surface area contributed by atoms with Crippen LogP contribution in [0, 0.1) is 5.82 Å². The number of nitrogens with two attached hydrogens (primary N) is 1. The molecule has 15 heavy (non-hydrogen) atoms. The van der Waals surface area contributed by atoms with E-state index in [1.807, 2.05) is 6.92 Å². The Morgan fingerprint density at radius 1 is 1.33 bits per heavy atom. The monoisotopic (exact) mass is 217 g/mol. The molecule has 0 heterocycles. The van der Waals surface area contributed by atoms with Crippen LogP contribution in [0.3, 0.4) is 0 Å². The summed E-state index contributed by atoms with van der Waals surface area (Å²) in [6.45, 7) is 1.96. The minimum absolute atomic E-state index is 0.281. The molecule has 0 aromatic heterocycles. The maximum Gasteiger partial charge on any atom is 0.266 e. The minimum atomic E-state index is -2.78. The molecular formula is C11H14F3N. The van der Waals surface area contributed by atoms with E-state index >= 15 is 0 Å². The Bertz CT molecular complexity index is 326. The van der Waals surface area contributed by atoms with Crippen molar-refractivity contribution < 1.29 is 13.2 Å². The lowest BCUT2D eigenvalue weighted by Gasteiger charge is -2.12. The van der Waals surface area contributed by atoms with Gasteiger partial charge < -0.3 is 5.73 Å². The Kier molecular flexibility index (Phi) is 4.15. The third kappa shape index (κ3) is 2.96. The zero-order valence-corrected chi connectivity index (χ0v) is 8.51. The molecule has 0 aliphatic carbocycles. The molecule has 0 amide bonds. The summed E-state index contributed by atoms with van der Waals surface area (Å²) in [6, 6.07) is 3.38. The van der Waals surface area contributed by atoms with E-state index in [0.717, 1.165) is 18.6 Å². The van der Waals surface area contributed by atoms with E-state index in [1.165, 1.54) is 6.07 Å². The molecule has 84 valence electrons. The maximum absolute atomic E-state index is 13.2. The van der Waals surface area contributed by atoms with Gasteiger partial charge in [0.25, 0.3) is 6.43 Å². The quantitative estimate of drug-likeness (QED) is 0.819. The number of benzene rings is 1. The van der Waals surface area contributed by atoms with Gasteiger partial charge in [-0.3, -0.25) is 0 Å².